The number of para-hydroxylation sites is 1. The summed E-state index contributed by atoms with van der Waals surface area (Å²) >= 11 is 6.56. The van der Waals surface area contributed by atoms with E-state index in [-0.39, 0.29) is 12.6 Å². The first-order valence-corrected chi connectivity index (χ1v) is 8.85. The highest BCUT2D eigenvalue weighted by atomic mass is 35.5. The van der Waals surface area contributed by atoms with E-state index in [2.05, 4.69) is 11.9 Å². The molecule has 1 aromatic heterocycles. The summed E-state index contributed by atoms with van der Waals surface area (Å²) in [7, 11) is 0. The molecule has 1 heterocycles. The second-order valence-corrected chi connectivity index (χ2v) is 6.33. The van der Waals surface area contributed by atoms with Gasteiger partial charge in [0, 0.05) is 17.1 Å². The van der Waals surface area contributed by atoms with Gasteiger partial charge in [-0.1, -0.05) is 61.3 Å². The van der Waals surface area contributed by atoms with E-state index in [0.29, 0.717) is 5.56 Å². The van der Waals surface area contributed by atoms with Crippen LogP contribution in [0.3, 0.4) is 0 Å². The van der Waals surface area contributed by atoms with Crippen molar-refractivity contribution in [2.24, 2.45) is 0 Å². The number of ether oxygens (including phenoxy) is 1. The standard InChI is InChI=1S/C21H20ClNO2/c1-2-3-8-16-13-23-20-17(11-7-12-18(20)19(16)22)14-25-21(24)15-9-5-4-6-10-15/h4-7,9-13H,2-3,8,14H2,1H3. The van der Waals surface area contributed by atoms with Crippen molar-refractivity contribution in [1.82, 2.24) is 4.98 Å². The lowest BCUT2D eigenvalue weighted by atomic mass is 10.1. The maximum atomic E-state index is 12.1. The third kappa shape index (κ3) is 3.99. The number of esters is 1. The number of unbranched alkanes of at least 4 members (excludes halogenated alkanes) is 1. The molecule has 25 heavy (non-hydrogen) atoms. The number of hydrogen-bond acceptors (Lipinski definition) is 3. The summed E-state index contributed by atoms with van der Waals surface area (Å²) in [5, 5.41) is 1.65. The zero-order valence-electron chi connectivity index (χ0n) is 14.2. The average molecular weight is 354 g/mol. The lowest BCUT2D eigenvalue weighted by molar-refractivity contribution is 0.0474. The predicted octanol–water partition coefficient (Wildman–Crippen LogP) is 5.59. The number of nitrogens with zero attached hydrogens (tertiary/aromatic N) is 1. The molecule has 0 radical (unpaired) electrons. The van der Waals surface area contributed by atoms with Crippen molar-refractivity contribution in [3.8, 4) is 0 Å². The Kier molecular flexibility index (Phi) is 5.67. The van der Waals surface area contributed by atoms with Crippen LogP contribution in [0.5, 0.6) is 0 Å². The maximum absolute atomic E-state index is 12.1. The van der Waals surface area contributed by atoms with Gasteiger partial charge in [-0.2, -0.15) is 0 Å². The molecule has 0 spiro atoms. The summed E-state index contributed by atoms with van der Waals surface area (Å²) in [6.07, 6.45) is 4.96. The number of fused-ring (bicyclic) bond motifs is 1. The molecule has 0 bridgehead atoms. The Labute approximate surface area is 152 Å². The van der Waals surface area contributed by atoms with Gasteiger partial charge in [0.25, 0.3) is 0 Å². The third-order valence-corrected chi connectivity index (χ3v) is 4.60. The maximum Gasteiger partial charge on any atom is 0.338 e. The minimum absolute atomic E-state index is 0.169. The van der Waals surface area contributed by atoms with Gasteiger partial charge in [0.15, 0.2) is 0 Å². The van der Waals surface area contributed by atoms with Gasteiger partial charge in [-0.15, -0.1) is 0 Å². The smallest absolute Gasteiger partial charge is 0.338 e. The molecule has 2 aromatic carbocycles. The van der Waals surface area contributed by atoms with Crippen LogP contribution in [0.4, 0.5) is 0 Å². The van der Waals surface area contributed by atoms with E-state index in [1.54, 1.807) is 12.1 Å². The molecule has 0 aliphatic rings. The molecule has 0 aliphatic heterocycles. The van der Waals surface area contributed by atoms with E-state index in [1.807, 2.05) is 42.6 Å². The van der Waals surface area contributed by atoms with Crippen molar-refractivity contribution < 1.29 is 9.53 Å². The summed E-state index contributed by atoms with van der Waals surface area (Å²) in [5.41, 5.74) is 3.24. The van der Waals surface area contributed by atoms with Crippen LogP contribution in [0, 0.1) is 0 Å². The molecule has 0 amide bonds. The van der Waals surface area contributed by atoms with E-state index < -0.39 is 0 Å². The number of aromatic nitrogens is 1. The van der Waals surface area contributed by atoms with E-state index in [9.17, 15) is 4.79 Å². The fourth-order valence-corrected chi connectivity index (χ4v) is 3.05. The van der Waals surface area contributed by atoms with E-state index >= 15 is 0 Å². The molecular formula is C21H20ClNO2. The van der Waals surface area contributed by atoms with E-state index in [0.717, 1.165) is 46.3 Å². The Bertz CT molecular complexity index is 878. The number of halogens is 1. The van der Waals surface area contributed by atoms with Crippen LogP contribution in [0.25, 0.3) is 10.9 Å². The molecule has 3 rings (SSSR count). The summed E-state index contributed by atoms with van der Waals surface area (Å²) in [5.74, 6) is -0.344. The second kappa shape index (κ2) is 8.13. The number of aryl methyl sites for hydroxylation is 1. The highest BCUT2D eigenvalue weighted by Gasteiger charge is 2.12. The average Bonchev–Trinajstić information content (AvgIpc) is 2.66. The van der Waals surface area contributed by atoms with Gasteiger partial charge in [-0.3, -0.25) is 4.98 Å². The molecule has 0 unspecified atom stereocenters. The SMILES string of the molecule is CCCCc1cnc2c(COC(=O)c3ccccc3)cccc2c1Cl. The van der Waals surface area contributed by atoms with Gasteiger partial charge in [0.2, 0.25) is 0 Å². The van der Waals surface area contributed by atoms with E-state index in [1.165, 1.54) is 0 Å². The number of pyridine rings is 1. The predicted molar refractivity (Wildman–Crippen MR) is 101 cm³/mol. The Balaban J connectivity index is 1.82. The zero-order valence-corrected chi connectivity index (χ0v) is 14.9. The lowest BCUT2D eigenvalue weighted by Gasteiger charge is -2.11. The van der Waals surface area contributed by atoms with Gasteiger partial charge in [-0.25, -0.2) is 4.79 Å². The Morgan fingerprint density at radius 2 is 1.88 bits per heavy atom. The number of hydrogen-bond donors (Lipinski definition) is 0. The molecular weight excluding hydrogens is 334 g/mol. The largest absolute Gasteiger partial charge is 0.457 e. The van der Waals surface area contributed by atoms with Crippen molar-refractivity contribution in [1.29, 1.82) is 0 Å². The number of carbonyl (C=O) groups excluding carboxylic acids is 1. The molecule has 0 N–H and O–H groups in total. The van der Waals surface area contributed by atoms with Crippen LogP contribution < -0.4 is 0 Å². The molecule has 128 valence electrons. The Morgan fingerprint density at radius 1 is 1.08 bits per heavy atom. The van der Waals surface area contributed by atoms with E-state index in [4.69, 9.17) is 16.3 Å². The molecule has 0 aliphatic carbocycles. The number of benzene rings is 2. The molecule has 3 aromatic rings. The van der Waals surface area contributed by atoms with Crippen LogP contribution in [-0.2, 0) is 17.8 Å². The minimum Gasteiger partial charge on any atom is -0.457 e. The summed E-state index contributed by atoms with van der Waals surface area (Å²) in [6.45, 7) is 2.32. The molecule has 4 heteroatoms. The van der Waals surface area contributed by atoms with Gasteiger partial charge < -0.3 is 4.74 Å². The normalized spacial score (nSPS) is 10.8. The second-order valence-electron chi connectivity index (χ2n) is 5.96. The first-order chi connectivity index (χ1) is 12.2. The lowest BCUT2D eigenvalue weighted by Crippen LogP contribution is -2.05. The van der Waals surface area contributed by atoms with Crippen molar-refractivity contribution in [3.63, 3.8) is 0 Å². The first-order valence-electron chi connectivity index (χ1n) is 8.48. The molecule has 0 fully saturated rings. The highest BCUT2D eigenvalue weighted by molar-refractivity contribution is 6.36. The first kappa shape index (κ1) is 17.4. The van der Waals surface area contributed by atoms with Crippen molar-refractivity contribution >= 4 is 28.5 Å². The van der Waals surface area contributed by atoms with Gasteiger partial charge >= 0.3 is 5.97 Å². The van der Waals surface area contributed by atoms with Crippen molar-refractivity contribution in [2.45, 2.75) is 32.8 Å². The van der Waals surface area contributed by atoms with Gasteiger partial charge in [0.05, 0.1) is 16.1 Å². The molecule has 0 atom stereocenters. The van der Waals surface area contributed by atoms with Crippen LogP contribution >= 0.6 is 11.6 Å². The monoisotopic (exact) mass is 353 g/mol. The fourth-order valence-electron chi connectivity index (χ4n) is 2.75. The van der Waals surface area contributed by atoms with Gasteiger partial charge in [0.1, 0.15) is 6.61 Å². The van der Waals surface area contributed by atoms with Crippen LogP contribution in [0.15, 0.2) is 54.7 Å². The minimum atomic E-state index is -0.344. The summed E-state index contributed by atoms with van der Waals surface area (Å²) in [6, 6.07) is 14.8. The summed E-state index contributed by atoms with van der Waals surface area (Å²) in [4.78, 5) is 16.7. The van der Waals surface area contributed by atoms with Crippen LogP contribution in [0.1, 0.15) is 41.3 Å². The van der Waals surface area contributed by atoms with Crippen molar-refractivity contribution in [3.05, 3.63) is 76.4 Å². The highest BCUT2D eigenvalue weighted by Crippen LogP contribution is 2.29. The number of carbonyl (C=O) groups is 1. The summed E-state index contributed by atoms with van der Waals surface area (Å²) < 4.78 is 5.44. The Morgan fingerprint density at radius 3 is 2.64 bits per heavy atom. The van der Waals surface area contributed by atoms with Crippen LogP contribution in [0.2, 0.25) is 5.02 Å². The fraction of sp³-hybridized carbons (Fsp3) is 0.238. The zero-order chi connectivity index (χ0) is 17.6. The van der Waals surface area contributed by atoms with Crippen molar-refractivity contribution in [2.75, 3.05) is 0 Å². The molecule has 3 nitrogen and oxygen atoms in total. The topological polar surface area (TPSA) is 39.2 Å². The molecule has 0 saturated heterocycles. The quantitative estimate of drug-likeness (QED) is 0.542. The number of rotatable bonds is 6. The third-order valence-electron chi connectivity index (χ3n) is 4.16. The van der Waals surface area contributed by atoms with Gasteiger partial charge in [-0.05, 0) is 30.5 Å². The Hall–Kier alpha value is -2.39. The van der Waals surface area contributed by atoms with Crippen LogP contribution in [-0.4, -0.2) is 11.0 Å². The molecule has 0 saturated carbocycles.